The van der Waals surface area contributed by atoms with Gasteiger partial charge in [-0.25, -0.2) is 8.78 Å². The average Bonchev–Trinajstić information content (AvgIpc) is 2.89. The molecule has 1 aliphatic carbocycles. The van der Waals surface area contributed by atoms with Crippen molar-refractivity contribution in [2.75, 3.05) is 0 Å². The minimum Gasteiger partial charge on any atom is -0.352 e. The minimum absolute atomic E-state index is 0.172. The molecular formula is C19H18ClF2NO. The Morgan fingerprint density at radius 1 is 1.08 bits per heavy atom. The van der Waals surface area contributed by atoms with Gasteiger partial charge in [0.15, 0.2) is 0 Å². The average molecular weight is 350 g/mol. The molecule has 2 nitrogen and oxygen atoms in total. The van der Waals surface area contributed by atoms with Crippen LogP contribution in [0.15, 0.2) is 54.6 Å². The molecule has 126 valence electrons. The lowest BCUT2D eigenvalue weighted by atomic mass is 9.90. The Morgan fingerprint density at radius 3 is 2.29 bits per heavy atom. The van der Waals surface area contributed by atoms with E-state index in [1.54, 1.807) is 24.3 Å². The number of alkyl halides is 2. The highest BCUT2D eigenvalue weighted by Gasteiger charge is 2.40. The number of hydrogen-bond acceptors (Lipinski definition) is 1. The Bertz CT molecular complexity index is 703. The van der Waals surface area contributed by atoms with E-state index in [1.807, 2.05) is 30.3 Å². The summed E-state index contributed by atoms with van der Waals surface area (Å²) in [6, 6.07) is 15.9. The van der Waals surface area contributed by atoms with Crippen LogP contribution in [-0.4, -0.2) is 17.9 Å². The summed E-state index contributed by atoms with van der Waals surface area (Å²) in [7, 11) is 0. The van der Waals surface area contributed by atoms with Crippen molar-refractivity contribution < 1.29 is 13.6 Å². The molecule has 0 aliphatic heterocycles. The molecule has 1 amide bonds. The maximum absolute atomic E-state index is 13.4. The predicted molar refractivity (Wildman–Crippen MR) is 90.5 cm³/mol. The van der Waals surface area contributed by atoms with Crippen LogP contribution in [0.3, 0.4) is 0 Å². The lowest BCUT2D eigenvalue weighted by Crippen LogP contribution is -2.37. The summed E-state index contributed by atoms with van der Waals surface area (Å²) in [6.45, 7) is 0. The Hall–Kier alpha value is -1.94. The monoisotopic (exact) mass is 349 g/mol. The summed E-state index contributed by atoms with van der Waals surface area (Å²) in [5, 5.41) is 3.38. The first-order chi connectivity index (χ1) is 11.4. The highest BCUT2D eigenvalue weighted by atomic mass is 35.5. The van der Waals surface area contributed by atoms with Crippen molar-refractivity contribution >= 4 is 17.5 Å². The van der Waals surface area contributed by atoms with Crippen molar-refractivity contribution in [2.24, 2.45) is 0 Å². The Balaban J connectivity index is 1.84. The molecule has 0 bridgehead atoms. The maximum atomic E-state index is 13.4. The third-order valence-electron chi connectivity index (χ3n) is 4.35. The van der Waals surface area contributed by atoms with E-state index in [4.69, 9.17) is 11.6 Å². The summed E-state index contributed by atoms with van der Waals surface area (Å²) in [5.41, 5.74) is 1.61. The van der Waals surface area contributed by atoms with E-state index in [1.165, 1.54) is 0 Å². The van der Waals surface area contributed by atoms with Gasteiger partial charge in [-0.2, -0.15) is 0 Å². The number of carbonyl (C=O) groups excluding carboxylic acids is 1. The fourth-order valence-corrected chi connectivity index (χ4v) is 3.28. The van der Waals surface area contributed by atoms with Crippen LogP contribution < -0.4 is 5.32 Å². The van der Waals surface area contributed by atoms with Crippen LogP contribution in [0.25, 0.3) is 0 Å². The second-order valence-electron chi connectivity index (χ2n) is 6.20. The van der Waals surface area contributed by atoms with E-state index in [9.17, 15) is 13.6 Å². The SMILES string of the molecule is O=C(NC1CCC(F)(F)C1)C(c1ccccc1)c1ccc(Cl)cc1. The standard InChI is InChI=1S/C19H18ClF2NO/c20-15-8-6-14(7-9-15)17(13-4-2-1-3-5-13)18(24)23-16-10-11-19(21,22)12-16/h1-9,16-17H,10-12H2,(H,23,24). The van der Waals surface area contributed by atoms with Gasteiger partial charge in [-0.3, -0.25) is 4.79 Å². The molecule has 5 heteroatoms. The summed E-state index contributed by atoms with van der Waals surface area (Å²) < 4.78 is 26.7. The quantitative estimate of drug-likeness (QED) is 0.846. The number of hydrogen-bond donors (Lipinski definition) is 1. The van der Waals surface area contributed by atoms with Gasteiger partial charge in [-0.05, 0) is 29.7 Å². The number of nitrogens with one attached hydrogen (secondary N) is 1. The van der Waals surface area contributed by atoms with Crippen molar-refractivity contribution in [1.29, 1.82) is 0 Å². The van der Waals surface area contributed by atoms with Crippen LogP contribution in [0.1, 0.15) is 36.3 Å². The largest absolute Gasteiger partial charge is 0.352 e. The zero-order chi connectivity index (χ0) is 17.2. The molecule has 1 saturated carbocycles. The van der Waals surface area contributed by atoms with Gasteiger partial charge in [0, 0.05) is 23.9 Å². The zero-order valence-electron chi connectivity index (χ0n) is 13.0. The van der Waals surface area contributed by atoms with E-state index in [0.29, 0.717) is 11.4 Å². The third kappa shape index (κ3) is 3.93. The predicted octanol–water partition coefficient (Wildman–Crippen LogP) is 4.78. The molecule has 2 aromatic carbocycles. The maximum Gasteiger partial charge on any atom is 0.250 e. The van der Waals surface area contributed by atoms with Gasteiger partial charge in [0.1, 0.15) is 0 Å². The summed E-state index contributed by atoms with van der Waals surface area (Å²) in [5.74, 6) is -3.48. The molecule has 1 aliphatic rings. The highest BCUT2D eigenvalue weighted by molar-refractivity contribution is 6.30. The second kappa shape index (κ2) is 6.89. The van der Waals surface area contributed by atoms with E-state index < -0.39 is 17.9 Å². The topological polar surface area (TPSA) is 29.1 Å². The van der Waals surface area contributed by atoms with Crippen molar-refractivity contribution in [1.82, 2.24) is 5.32 Å². The molecule has 0 heterocycles. The molecule has 0 aromatic heterocycles. The fourth-order valence-electron chi connectivity index (χ4n) is 3.15. The van der Waals surface area contributed by atoms with Crippen molar-refractivity contribution in [3.05, 3.63) is 70.7 Å². The van der Waals surface area contributed by atoms with Gasteiger partial charge in [-0.15, -0.1) is 0 Å². The first-order valence-corrected chi connectivity index (χ1v) is 8.31. The normalized spacial score (nSPS) is 20.5. The lowest BCUT2D eigenvalue weighted by Gasteiger charge is -2.21. The van der Waals surface area contributed by atoms with E-state index in [-0.39, 0.29) is 18.7 Å². The first-order valence-electron chi connectivity index (χ1n) is 7.93. The zero-order valence-corrected chi connectivity index (χ0v) is 13.8. The molecule has 3 rings (SSSR count). The molecule has 1 N–H and O–H groups in total. The van der Waals surface area contributed by atoms with Crippen molar-refractivity contribution in [3.63, 3.8) is 0 Å². The molecule has 1 fully saturated rings. The third-order valence-corrected chi connectivity index (χ3v) is 4.60. The van der Waals surface area contributed by atoms with Gasteiger partial charge in [-0.1, -0.05) is 54.1 Å². The molecule has 24 heavy (non-hydrogen) atoms. The van der Waals surface area contributed by atoms with Gasteiger partial charge in [0.05, 0.1) is 5.92 Å². The summed E-state index contributed by atoms with van der Waals surface area (Å²) >= 11 is 5.93. The number of halogens is 3. The van der Waals surface area contributed by atoms with Crippen LogP contribution in [0.4, 0.5) is 8.78 Å². The van der Waals surface area contributed by atoms with Crippen LogP contribution in [0.2, 0.25) is 5.02 Å². The molecule has 0 spiro atoms. The van der Waals surface area contributed by atoms with Crippen LogP contribution in [0.5, 0.6) is 0 Å². The number of benzene rings is 2. The van der Waals surface area contributed by atoms with E-state index in [0.717, 1.165) is 11.1 Å². The van der Waals surface area contributed by atoms with Crippen molar-refractivity contribution in [2.45, 2.75) is 37.1 Å². The number of carbonyl (C=O) groups is 1. The molecule has 0 radical (unpaired) electrons. The second-order valence-corrected chi connectivity index (χ2v) is 6.64. The molecule has 2 aromatic rings. The Morgan fingerprint density at radius 2 is 1.71 bits per heavy atom. The van der Waals surface area contributed by atoms with Gasteiger partial charge >= 0.3 is 0 Å². The molecule has 2 unspecified atom stereocenters. The first kappa shape index (κ1) is 16.9. The number of amides is 1. The van der Waals surface area contributed by atoms with Crippen LogP contribution >= 0.6 is 11.6 Å². The molecule has 2 atom stereocenters. The summed E-state index contributed by atoms with van der Waals surface area (Å²) in [4.78, 5) is 12.8. The fraction of sp³-hybridized carbons (Fsp3) is 0.316. The van der Waals surface area contributed by atoms with Crippen LogP contribution in [0, 0.1) is 0 Å². The van der Waals surface area contributed by atoms with Gasteiger partial charge < -0.3 is 5.32 Å². The van der Waals surface area contributed by atoms with Crippen molar-refractivity contribution in [3.8, 4) is 0 Å². The smallest absolute Gasteiger partial charge is 0.250 e. The van der Waals surface area contributed by atoms with Crippen LogP contribution in [-0.2, 0) is 4.79 Å². The summed E-state index contributed by atoms with van der Waals surface area (Å²) in [6.07, 6.45) is -0.156. The molecular weight excluding hydrogens is 332 g/mol. The van der Waals surface area contributed by atoms with Gasteiger partial charge in [0.2, 0.25) is 11.8 Å². The van der Waals surface area contributed by atoms with E-state index >= 15 is 0 Å². The Labute approximate surface area is 144 Å². The minimum atomic E-state index is -2.68. The number of rotatable bonds is 4. The van der Waals surface area contributed by atoms with Gasteiger partial charge in [0.25, 0.3) is 0 Å². The molecule has 0 saturated heterocycles. The Kier molecular flexibility index (Phi) is 4.86. The van der Waals surface area contributed by atoms with E-state index in [2.05, 4.69) is 5.32 Å². The lowest BCUT2D eigenvalue weighted by molar-refractivity contribution is -0.122. The highest BCUT2D eigenvalue weighted by Crippen LogP contribution is 2.35.